The van der Waals surface area contributed by atoms with Gasteiger partial charge in [0.2, 0.25) is 5.91 Å². The molecule has 0 aliphatic rings. The highest BCUT2D eigenvalue weighted by molar-refractivity contribution is 7.09. The van der Waals surface area contributed by atoms with Crippen molar-refractivity contribution in [3.05, 3.63) is 16.1 Å². The molecule has 14 heavy (non-hydrogen) atoms. The van der Waals surface area contributed by atoms with E-state index in [0.717, 1.165) is 10.7 Å². The van der Waals surface area contributed by atoms with E-state index in [1.165, 1.54) is 0 Å². The molecule has 1 amide bonds. The third kappa shape index (κ3) is 3.10. The molecule has 1 N–H and O–H groups in total. The third-order valence-electron chi connectivity index (χ3n) is 1.78. The van der Waals surface area contributed by atoms with Gasteiger partial charge in [-0.15, -0.1) is 11.3 Å². The van der Waals surface area contributed by atoms with Crippen LogP contribution in [0.5, 0.6) is 0 Å². The van der Waals surface area contributed by atoms with Crippen molar-refractivity contribution in [3.63, 3.8) is 0 Å². The largest absolute Gasteiger partial charge is 0.350 e. The predicted molar refractivity (Wildman–Crippen MR) is 58.2 cm³/mol. The Morgan fingerprint density at radius 3 is 2.64 bits per heavy atom. The summed E-state index contributed by atoms with van der Waals surface area (Å²) in [7, 11) is 0. The van der Waals surface area contributed by atoms with Gasteiger partial charge in [0.1, 0.15) is 0 Å². The maximum atomic E-state index is 11.5. The Balaban J connectivity index is 2.46. The number of aromatic nitrogens is 1. The number of rotatable bonds is 2. The SMILES string of the molecule is Cc1nc(CNC(=O)C(C)(C)C)cs1. The molecule has 78 valence electrons. The first-order valence-corrected chi connectivity index (χ1v) is 5.47. The first kappa shape index (κ1) is 11.2. The smallest absolute Gasteiger partial charge is 0.225 e. The third-order valence-corrected chi connectivity index (χ3v) is 2.60. The lowest BCUT2D eigenvalue weighted by Gasteiger charge is -2.16. The van der Waals surface area contributed by atoms with E-state index in [-0.39, 0.29) is 11.3 Å². The summed E-state index contributed by atoms with van der Waals surface area (Å²) in [6.45, 7) is 8.18. The highest BCUT2D eigenvalue weighted by Crippen LogP contribution is 2.13. The van der Waals surface area contributed by atoms with Crippen molar-refractivity contribution in [2.24, 2.45) is 5.41 Å². The molecule has 0 saturated carbocycles. The van der Waals surface area contributed by atoms with Gasteiger partial charge >= 0.3 is 0 Å². The second-order valence-electron chi connectivity index (χ2n) is 4.29. The summed E-state index contributed by atoms with van der Waals surface area (Å²) in [5.74, 6) is 0.0585. The molecule has 1 aromatic heterocycles. The molecule has 0 spiro atoms. The number of aryl methyl sites for hydroxylation is 1. The zero-order valence-corrected chi connectivity index (χ0v) is 9.86. The fourth-order valence-corrected chi connectivity index (χ4v) is 1.54. The van der Waals surface area contributed by atoms with Gasteiger partial charge in [0.25, 0.3) is 0 Å². The van der Waals surface area contributed by atoms with Crippen LogP contribution in [-0.2, 0) is 11.3 Å². The van der Waals surface area contributed by atoms with Crippen LogP contribution in [0.15, 0.2) is 5.38 Å². The van der Waals surface area contributed by atoms with Crippen molar-refractivity contribution < 1.29 is 4.79 Å². The molecule has 0 aromatic carbocycles. The number of nitrogens with one attached hydrogen (secondary N) is 1. The molecule has 3 nitrogen and oxygen atoms in total. The van der Waals surface area contributed by atoms with E-state index < -0.39 is 0 Å². The van der Waals surface area contributed by atoms with E-state index in [1.807, 2.05) is 33.1 Å². The number of carbonyl (C=O) groups is 1. The van der Waals surface area contributed by atoms with E-state index in [1.54, 1.807) is 11.3 Å². The number of hydrogen-bond acceptors (Lipinski definition) is 3. The van der Waals surface area contributed by atoms with E-state index >= 15 is 0 Å². The van der Waals surface area contributed by atoms with E-state index in [9.17, 15) is 4.79 Å². The van der Waals surface area contributed by atoms with Crippen LogP contribution in [0.3, 0.4) is 0 Å². The molecule has 0 radical (unpaired) electrons. The summed E-state index contributed by atoms with van der Waals surface area (Å²) in [6, 6.07) is 0. The monoisotopic (exact) mass is 212 g/mol. The van der Waals surface area contributed by atoms with Crippen LogP contribution in [0.2, 0.25) is 0 Å². The van der Waals surface area contributed by atoms with Crippen LogP contribution in [0.1, 0.15) is 31.5 Å². The normalized spacial score (nSPS) is 11.4. The number of carbonyl (C=O) groups excluding carboxylic acids is 1. The van der Waals surface area contributed by atoms with Gasteiger partial charge in [-0.1, -0.05) is 20.8 Å². The maximum Gasteiger partial charge on any atom is 0.225 e. The number of amides is 1. The Hall–Kier alpha value is -0.900. The molecule has 4 heteroatoms. The maximum absolute atomic E-state index is 11.5. The number of nitrogens with zero attached hydrogens (tertiary/aromatic N) is 1. The summed E-state index contributed by atoms with van der Waals surface area (Å²) in [4.78, 5) is 15.8. The van der Waals surface area contributed by atoms with E-state index in [4.69, 9.17) is 0 Å². The second kappa shape index (κ2) is 4.09. The van der Waals surface area contributed by atoms with E-state index in [0.29, 0.717) is 6.54 Å². The topological polar surface area (TPSA) is 42.0 Å². The van der Waals surface area contributed by atoms with Gasteiger partial charge in [-0.2, -0.15) is 0 Å². The van der Waals surface area contributed by atoms with Crippen molar-refractivity contribution in [2.45, 2.75) is 34.2 Å². The van der Waals surface area contributed by atoms with Crippen molar-refractivity contribution in [2.75, 3.05) is 0 Å². The van der Waals surface area contributed by atoms with Crippen LogP contribution in [-0.4, -0.2) is 10.9 Å². The molecule has 1 rings (SSSR count). The quantitative estimate of drug-likeness (QED) is 0.816. The molecular weight excluding hydrogens is 196 g/mol. The minimum Gasteiger partial charge on any atom is -0.350 e. The van der Waals surface area contributed by atoms with Crippen molar-refractivity contribution in [1.29, 1.82) is 0 Å². The molecular formula is C10H16N2OS. The summed E-state index contributed by atoms with van der Waals surface area (Å²) < 4.78 is 0. The fourth-order valence-electron chi connectivity index (χ4n) is 0.925. The Morgan fingerprint density at radius 1 is 1.57 bits per heavy atom. The van der Waals surface area contributed by atoms with Crippen LogP contribution < -0.4 is 5.32 Å². The van der Waals surface area contributed by atoms with Crippen molar-refractivity contribution in [3.8, 4) is 0 Å². The molecule has 0 saturated heterocycles. The Morgan fingerprint density at radius 2 is 2.21 bits per heavy atom. The van der Waals surface area contributed by atoms with Crippen LogP contribution in [0, 0.1) is 12.3 Å². The Bertz CT molecular complexity index is 325. The second-order valence-corrected chi connectivity index (χ2v) is 5.35. The van der Waals surface area contributed by atoms with E-state index in [2.05, 4.69) is 10.3 Å². The average Bonchev–Trinajstić information content (AvgIpc) is 2.45. The van der Waals surface area contributed by atoms with Gasteiger partial charge in [-0.05, 0) is 6.92 Å². The first-order valence-electron chi connectivity index (χ1n) is 4.59. The fraction of sp³-hybridized carbons (Fsp3) is 0.600. The summed E-state index contributed by atoms with van der Waals surface area (Å²) in [5.41, 5.74) is 0.607. The standard InChI is InChI=1S/C10H16N2OS/c1-7-12-8(6-14-7)5-11-9(13)10(2,3)4/h6H,5H2,1-4H3,(H,11,13). The predicted octanol–water partition coefficient (Wildman–Crippen LogP) is 2.11. The summed E-state index contributed by atoms with van der Waals surface area (Å²) >= 11 is 1.60. The minimum atomic E-state index is -0.328. The van der Waals surface area contributed by atoms with Gasteiger partial charge in [0.15, 0.2) is 0 Å². The van der Waals surface area contributed by atoms with Crippen LogP contribution in [0.25, 0.3) is 0 Å². The van der Waals surface area contributed by atoms with Crippen LogP contribution in [0.4, 0.5) is 0 Å². The molecule has 0 atom stereocenters. The van der Waals surface area contributed by atoms with Gasteiger partial charge in [0, 0.05) is 10.8 Å². The summed E-state index contributed by atoms with van der Waals surface area (Å²) in [5, 5.41) is 5.86. The van der Waals surface area contributed by atoms with Gasteiger partial charge in [0.05, 0.1) is 17.2 Å². The van der Waals surface area contributed by atoms with Crippen molar-refractivity contribution in [1.82, 2.24) is 10.3 Å². The van der Waals surface area contributed by atoms with Gasteiger partial charge in [-0.3, -0.25) is 4.79 Å². The molecule has 0 aliphatic heterocycles. The molecule has 0 fully saturated rings. The van der Waals surface area contributed by atoms with Gasteiger partial charge in [-0.25, -0.2) is 4.98 Å². The average molecular weight is 212 g/mol. The minimum absolute atomic E-state index is 0.0585. The Kier molecular flexibility index (Phi) is 3.26. The first-order chi connectivity index (χ1) is 6.39. The molecule has 1 heterocycles. The number of thiazole rings is 1. The molecule has 0 aliphatic carbocycles. The van der Waals surface area contributed by atoms with Crippen LogP contribution >= 0.6 is 11.3 Å². The Labute approximate surface area is 88.6 Å². The molecule has 0 unspecified atom stereocenters. The van der Waals surface area contributed by atoms with Gasteiger partial charge < -0.3 is 5.32 Å². The zero-order chi connectivity index (χ0) is 10.8. The lowest BCUT2D eigenvalue weighted by atomic mass is 9.96. The van der Waals surface area contributed by atoms with Crippen molar-refractivity contribution >= 4 is 17.2 Å². The highest BCUT2D eigenvalue weighted by Gasteiger charge is 2.20. The summed E-state index contributed by atoms with van der Waals surface area (Å²) in [6.07, 6.45) is 0. The zero-order valence-electron chi connectivity index (χ0n) is 9.05. The lowest BCUT2D eigenvalue weighted by molar-refractivity contribution is -0.128. The molecule has 1 aromatic rings. The number of hydrogen-bond donors (Lipinski definition) is 1. The lowest BCUT2D eigenvalue weighted by Crippen LogP contribution is -2.34. The highest BCUT2D eigenvalue weighted by atomic mass is 32.1. The molecule has 0 bridgehead atoms.